The Hall–Kier alpha value is -1.07. The van der Waals surface area contributed by atoms with Crippen molar-refractivity contribution in [1.82, 2.24) is 5.32 Å². The normalized spacial score (nSPS) is 12.0. The summed E-state index contributed by atoms with van der Waals surface area (Å²) >= 11 is 3.40. The van der Waals surface area contributed by atoms with Crippen LogP contribution in [-0.4, -0.2) is 19.6 Å². The zero-order valence-corrected chi connectivity index (χ0v) is 12.3. The van der Waals surface area contributed by atoms with Crippen LogP contribution in [0.3, 0.4) is 0 Å². The molecule has 0 spiro atoms. The predicted molar refractivity (Wildman–Crippen MR) is 75.4 cm³/mol. The van der Waals surface area contributed by atoms with E-state index in [0.29, 0.717) is 13.1 Å². The minimum atomic E-state index is -0.122. The number of hydrogen-bond donors (Lipinski definition) is 2. The van der Waals surface area contributed by atoms with E-state index in [-0.39, 0.29) is 11.8 Å². The van der Waals surface area contributed by atoms with E-state index < -0.39 is 0 Å². The van der Waals surface area contributed by atoms with Gasteiger partial charge in [0, 0.05) is 29.0 Å². The molecule has 1 unspecified atom stereocenters. The molecule has 0 heterocycles. The number of rotatable bonds is 6. The van der Waals surface area contributed by atoms with Gasteiger partial charge in [-0.2, -0.15) is 0 Å². The molecule has 5 heteroatoms. The standard InChI is InChI=1S/C13H19BrN2O2/c1-3-9(7-15)13(17)16-8-10-6-11(14)4-5-12(10)18-2/h4-6,9H,3,7-8,15H2,1-2H3,(H,16,17). The SMILES string of the molecule is CCC(CN)C(=O)NCc1cc(Br)ccc1OC. The lowest BCUT2D eigenvalue weighted by atomic mass is 10.1. The van der Waals surface area contributed by atoms with E-state index in [0.717, 1.165) is 22.2 Å². The molecule has 1 rings (SSSR count). The van der Waals surface area contributed by atoms with Crippen molar-refractivity contribution in [3.05, 3.63) is 28.2 Å². The van der Waals surface area contributed by atoms with Crippen LogP contribution in [0, 0.1) is 5.92 Å². The van der Waals surface area contributed by atoms with Crippen LogP contribution >= 0.6 is 15.9 Å². The summed E-state index contributed by atoms with van der Waals surface area (Å²) in [7, 11) is 1.61. The van der Waals surface area contributed by atoms with E-state index in [1.807, 2.05) is 25.1 Å². The summed E-state index contributed by atoms with van der Waals surface area (Å²) in [6.45, 7) is 2.77. The van der Waals surface area contributed by atoms with Gasteiger partial charge in [-0.15, -0.1) is 0 Å². The van der Waals surface area contributed by atoms with Crippen LogP contribution in [0.1, 0.15) is 18.9 Å². The van der Waals surface area contributed by atoms with Crippen LogP contribution in [0.5, 0.6) is 5.75 Å². The highest BCUT2D eigenvalue weighted by Gasteiger charge is 2.14. The number of carbonyl (C=O) groups excluding carboxylic acids is 1. The third kappa shape index (κ3) is 3.99. The third-order valence-corrected chi connectivity index (χ3v) is 3.34. The Kier molecular flexibility index (Phi) is 6.15. The smallest absolute Gasteiger partial charge is 0.224 e. The largest absolute Gasteiger partial charge is 0.496 e. The number of benzene rings is 1. The zero-order valence-electron chi connectivity index (χ0n) is 10.7. The minimum absolute atomic E-state index is 0.0120. The van der Waals surface area contributed by atoms with Crippen molar-refractivity contribution in [2.45, 2.75) is 19.9 Å². The second-order valence-corrected chi connectivity index (χ2v) is 4.93. The molecule has 0 aliphatic carbocycles. The molecule has 0 bridgehead atoms. The van der Waals surface area contributed by atoms with E-state index in [9.17, 15) is 4.79 Å². The second-order valence-electron chi connectivity index (χ2n) is 4.01. The molecule has 18 heavy (non-hydrogen) atoms. The average Bonchev–Trinajstić information content (AvgIpc) is 2.38. The second kappa shape index (κ2) is 7.38. The number of halogens is 1. The van der Waals surface area contributed by atoms with Crippen molar-refractivity contribution in [1.29, 1.82) is 0 Å². The van der Waals surface area contributed by atoms with Crippen molar-refractivity contribution in [3.63, 3.8) is 0 Å². The highest BCUT2D eigenvalue weighted by molar-refractivity contribution is 9.10. The van der Waals surface area contributed by atoms with Gasteiger partial charge in [0.25, 0.3) is 0 Å². The van der Waals surface area contributed by atoms with Crippen molar-refractivity contribution in [2.24, 2.45) is 11.7 Å². The summed E-state index contributed by atoms with van der Waals surface area (Å²) in [5, 5.41) is 2.88. The monoisotopic (exact) mass is 314 g/mol. The molecule has 100 valence electrons. The fraction of sp³-hybridized carbons (Fsp3) is 0.462. The first-order valence-corrected chi connectivity index (χ1v) is 6.71. The molecule has 1 atom stereocenters. The number of ether oxygens (including phenoxy) is 1. The van der Waals surface area contributed by atoms with Crippen LogP contribution in [-0.2, 0) is 11.3 Å². The molecule has 0 radical (unpaired) electrons. The summed E-state index contributed by atoms with van der Waals surface area (Å²) in [4.78, 5) is 11.8. The number of methoxy groups -OCH3 is 1. The molecular formula is C13H19BrN2O2. The molecule has 1 aromatic rings. The highest BCUT2D eigenvalue weighted by atomic mass is 79.9. The first-order chi connectivity index (χ1) is 8.62. The van der Waals surface area contributed by atoms with Crippen molar-refractivity contribution in [2.75, 3.05) is 13.7 Å². The predicted octanol–water partition coefficient (Wildman–Crippen LogP) is 2.06. The van der Waals surface area contributed by atoms with Gasteiger partial charge >= 0.3 is 0 Å². The molecule has 3 N–H and O–H groups in total. The van der Waals surface area contributed by atoms with E-state index >= 15 is 0 Å². The maximum absolute atomic E-state index is 11.8. The Morgan fingerprint density at radius 2 is 2.28 bits per heavy atom. The Labute approximate surface area is 116 Å². The Bertz CT molecular complexity index is 406. The summed E-state index contributed by atoms with van der Waals surface area (Å²) in [5.41, 5.74) is 6.48. The van der Waals surface area contributed by atoms with Gasteiger partial charge in [-0.3, -0.25) is 4.79 Å². The van der Waals surface area contributed by atoms with Crippen molar-refractivity contribution < 1.29 is 9.53 Å². The number of nitrogens with two attached hydrogens (primary N) is 1. The summed E-state index contributed by atoms with van der Waals surface area (Å²) in [6, 6.07) is 5.70. The molecule has 1 aromatic carbocycles. The average molecular weight is 315 g/mol. The molecule has 0 aromatic heterocycles. The van der Waals surface area contributed by atoms with Gasteiger partial charge in [0.15, 0.2) is 0 Å². The fourth-order valence-corrected chi connectivity index (χ4v) is 2.08. The van der Waals surface area contributed by atoms with E-state index in [2.05, 4.69) is 21.2 Å². The zero-order chi connectivity index (χ0) is 13.5. The van der Waals surface area contributed by atoms with Gasteiger partial charge in [-0.25, -0.2) is 0 Å². The molecule has 0 aliphatic heterocycles. The number of carbonyl (C=O) groups is 1. The molecule has 0 fully saturated rings. The first kappa shape index (κ1) is 15.0. The van der Waals surface area contributed by atoms with Gasteiger partial charge < -0.3 is 15.8 Å². The molecule has 0 saturated heterocycles. The van der Waals surface area contributed by atoms with E-state index in [1.54, 1.807) is 7.11 Å². The molecule has 4 nitrogen and oxygen atoms in total. The van der Waals surface area contributed by atoms with Crippen LogP contribution in [0.25, 0.3) is 0 Å². The quantitative estimate of drug-likeness (QED) is 0.844. The van der Waals surface area contributed by atoms with Crippen LogP contribution in [0.2, 0.25) is 0 Å². The van der Waals surface area contributed by atoms with Crippen LogP contribution in [0.15, 0.2) is 22.7 Å². The first-order valence-electron chi connectivity index (χ1n) is 5.92. The fourth-order valence-electron chi connectivity index (χ4n) is 1.67. The lowest BCUT2D eigenvalue weighted by Crippen LogP contribution is -2.34. The Balaban J connectivity index is 2.68. The minimum Gasteiger partial charge on any atom is -0.496 e. The van der Waals surface area contributed by atoms with Crippen molar-refractivity contribution in [3.8, 4) is 5.75 Å². The third-order valence-electron chi connectivity index (χ3n) is 2.84. The maximum atomic E-state index is 11.8. The molecule has 0 aliphatic rings. The van der Waals surface area contributed by atoms with E-state index in [4.69, 9.17) is 10.5 Å². The van der Waals surface area contributed by atoms with Gasteiger partial charge in [-0.1, -0.05) is 22.9 Å². The molecule has 1 amide bonds. The molecule has 0 saturated carbocycles. The lowest BCUT2D eigenvalue weighted by Gasteiger charge is -2.14. The maximum Gasteiger partial charge on any atom is 0.224 e. The van der Waals surface area contributed by atoms with Crippen molar-refractivity contribution >= 4 is 21.8 Å². The van der Waals surface area contributed by atoms with Gasteiger partial charge in [-0.05, 0) is 24.6 Å². The number of amides is 1. The summed E-state index contributed by atoms with van der Waals surface area (Å²) in [5.74, 6) is 0.629. The Morgan fingerprint density at radius 1 is 1.56 bits per heavy atom. The lowest BCUT2D eigenvalue weighted by molar-refractivity contribution is -0.124. The summed E-state index contributed by atoms with van der Waals surface area (Å²) < 4.78 is 6.21. The topological polar surface area (TPSA) is 64.4 Å². The number of hydrogen-bond acceptors (Lipinski definition) is 3. The number of nitrogens with one attached hydrogen (secondary N) is 1. The van der Waals surface area contributed by atoms with Crippen LogP contribution in [0.4, 0.5) is 0 Å². The van der Waals surface area contributed by atoms with Gasteiger partial charge in [0.1, 0.15) is 5.75 Å². The van der Waals surface area contributed by atoms with E-state index in [1.165, 1.54) is 0 Å². The highest BCUT2D eigenvalue weighted by Crippen LogP contribution is 2.22. The summed E-state index contributed by atoms with van der Waals surface area (Å²) in [6.07, 6.45) is 0.748. The van der Waals surface area contributed by atoms with Crippen LogP contribution < -0.4 is 15.8 Å². The molecular weight excluding hydrogens is 296 g/mol. The Morgan fingerprint density at radius 3 is 2.83 bits per heavy atom. The van der Waals surface area contributed by atoms with Gasteiger partial charge in [0.05, 0.1) is 7.11 Å². The van der Waals surface area contributed by atoms with Gasteiger partial charge in [0.2, 0.25) is 5.91 Å².